The number of hydrogen-bond donors (Lipinski definition) is 0. The Hall–Kier alpha value is -1.96. The number of sulfone groups is 1. The Morgan fingerprint density at radius 2 is 2.25 bits per heavy atom. The van der Waals surface area contributed by atoms with Crippen molar-refractivity contribution in [1.82, 2.24) is 14.6 Å². The van der Waals surface area contributed by atoms with E-state index in [0.29, 0.717) is 17.9 Å². The normalized spacial score (nSPS) is 21.1. The Kier molecular flexibility index (Phi) is 2.97. The summed E-state index contributed by atoms with van der Waals surface area (Å²) in [6, 6.07) is 4.99. The van der Waals surface area contributed by atoms with Gasteiger partial charge in [-0.05, 0) is 18.6 Å². The van der Waals surface area contributed by atoms with E-state index in [4.69, 9.17) is 0 Å². The van der Waals surface area contributed by atoms with Crippen LogP contribution in [0.2, 0.25) is 0 Å². The van der Waals surface area contributed by atoms with Crippen LogP contribution in [0.1, 0.15) is 28.7 Å². The van der Waals surface area contributed by atoms with Crippen molar-refractivity contribution in [3.8, 4) is 0 Å². The monoisotopic (exact) mass is 295 g/mol. The van der Waals surface area contributed by atoms with E-state index in [9.17, 15) is 13.2 Å². The van der Waals surface area contributed by atoms with Crippen LogP contribution >= 0.6 is 0 Å². The van der Waals surface area contributed by atoms with E-state index < -0.39 is 15.8 Å². The maximum Gasteiger partial charge on any atom is 0.356 e. The molecular formula is C12H13N3O4S. The fraction of sp³-hybridized carbons (Fsp3) is 0.417. The maximum absolute atomic E-state index is 11.7. The number of pyridine rings is 1. The summed E-state index contributed by atoms with van der Waals surface area (Å²) in [6.45, 7) is 0. The first-order chi connectivity index (χ1) is 9.50. The van der Waals surface area contributed by atoms with Gasteiger partial charge in [0.25, 0.3) is 0 Å². The Labute approximate surface area is 115 Å². The number of esters is 1. The molecule has 0 saturated carbocycles. The van der Waals surface area contributed by atoms with Gasteiger partial charge in [0.15, 0.2) is 27.0 Å². The largest absolute Gasteiger partial charge is 0.464 e. The van der Waals surface area contributed by atoms with Crippen molar-refractivity contribution in [2.45, 2.75) is 12.3 Å². The molecule has 7 nitrogen and oxygen atoms in total. The Bertz CT molecular complexity index is 781. The summed E-state index contributed by atoms with van der Waals surface area (Å²) < 4.78 is 29.1. The topological polar surface area (TPSA) is 90.6 Å². The molecule has 0 aromatic carbocycles. The van der Waals surface area contributed by atoms with Gasteiger partial charge in [-0.1, -0.05) is 6.07 Å². The molecule has 1 atom stereocenters. The van der Waals surface area contributed by atoms with Gasteiger partial charge in [0.2, 0.25) is 0 Å². The SMILES string of the molecule is COC(=O)c1cccc2nc(C3CCS(=O)(=O)C3)nn12. The molecule has 8 heteroatoms. The van der Waals surface area contributed by atoms with Gasteiger partial charge < -0.3 is 4.74 Å². The van der Waals surface area contributed by atoms with E-state index in [0.717, 1.165) is 0 Å². The van der Waals surface area contributed by atoms with Crippen LogP contribution in [0, 0.1) is 0 Å². The van der Waals surface area contributed by atoms with Crippen molar-refractivity contribution in [3.63, 3.8) is 0 Å². The van der Waals surface area contributed by atoms with Crippen molar-refractivity contribution in [2.24, 2.45) is 0 Å². The predicted octanol–water partition coefficient (Wildman–Crippen LogP) is 0.418. The summed E-state index contributed by atoms with van der Waals surface area (Å²) in [4.78, 5) is 16.0. The third kappa shape index (κ3) is 2.15. The highest BCUT2D eigenvalue weighted by Crippen LogP contribution is 2.27. The zero-order valence-electron chi connectivity index (χ0n) is 10.8. The second-order valence-corrected chi connectivity index (χ2v) is 6.97. The molecule has 3 heterocycles. The average Bonchev–Trinajstić information content (AvgIpc) is 3.00. The van der Waals surface area contributed by atoms with Crippen LogP contribution < -0.4 is 0 Å². The Morgan fingerprint density at radius 1 is 1.45 bits per heavy atom. The molecule has 1 fully saturated rings. The standard InChI is InChI=1S/C12H13N3O4S/c1-19-12(16)9-3-2-4-10-13-11(14-15(9)10)8-5-6-20(17,18)7-8/h2-4,8H,5-7H2,1H3. The number of nitrogens with zero attached hydrogens (tertiary/aromatic N) is 3. The van der Waals surface area contributed by atoms with Crippen molar-refractivity contribution < 1.29 is 17.9 Å². The highest BCUT2D eigenvalue weighted by atomic mass is 32.2. The average molecular weight is 295 g/mol. The summed E-state index contributed by atoms with van der Waals surface area (Å²) in [6.07, 6.45) is 0.521. The minimum Gasteiger partial charge on any atom is -0.464 e. The van der Waals surface area contributed by atoms with Crippen molar-refractivity contribution in [1.29, 1.82) is 0 Å². The molecule has 1 unspecified atom stereocenters. The zero-order valence-corrected chi connectivity index (χ0v) is 11.6. The maximum atomic E-state index is 11.7. The molecular weight excluding hydrogens is 282 g/mol. The molecule has 0 spiro atoms. The molecule has 20 heavy (non-hydrogen) atoms. The van der Waals surface area contributed by atoms with Crippen LogP contribution in [0.25, 0.3) is 5.65 Å². The van der Waals surface area contributed by atoms with E-state index in [1.54, 1.807) is 18.2 Å². The third-order valence-corrected chi connectivity index (χ3v) is 5.14. The molecule has 0 radical (unpaired) electrons. The number of aromatic nitrogens is 3. The van der Waals surface area contributed by atoms with Crippen LogP contribution in [0.3, 0.4) is 0 Å². The van der Waals surface area contributed by atoms with Crippen molar-refractivity contribution in [2.75, 3.05) is 18.6 Å². The summed E-state index contributed by atoms with van der Waals surface area (Å²) in [7, 11) is -1.70. The lowest BCUT2D eigenvalue weighted by molar-refractivity contribution is 0.0590. The molecule has 1 aliphatic heterocycles. The van der Waals surface area contributed by atoms with E-state index >= 15 is 0 Å². The number of ether oxygens (including phenoxy) is 1. The number of carbonyl (C=O) groups is 1. The van der Waals surface area contributed by atoms with Crippen molar-refractivity contribution >= 4 is 21.5 Å². The van der Waals surface area contributed by atoms with E-state index in [-0.39, 0.29) is 23.1 Å². The zero-order chi connectivity index (χ0) is 14.3. The molecule has 2 aromatic rings. The van der Waals surface area contributed by atoms with Gasteiger partial charge >= 0.3 is 5.97 Å². The minimum absolute atomic E-state index is 0.0669. The number of methoxy groups -OCH3 is 1. The second-order valence-electron chi connectivity index (χ2n) is 4.74. The lowest BCUT2D eigenvalue weighted by Gasteiger charge is -2.01. The summed E-state index contributed by atoms with van der Waals surface area (Å²) in [5.41, 5.74) is 0.775. The number of rotatable bonds is 2. The number of fused-ring (bicyclic) bond motifs is 1. The molecule has 1 saturated heterocycles. The summed E-state index contributed by atoms with van der Waals surface area (Å²) >= 11 is 0. The highest BCUT2D eigenvalue weighted by Gasteiger charge is 2.32. The smallest absolute Gasteiger partial charge is 0.356 e. The molecule has 1 aliphatic rings. The van der Waals surface area contributed by atoms with Gasteiger partial charge in [-0.15, -0.1) is 0 Å². The number of hydrogen-bond acceptors (Lipinski definition) is 6. The van der Waals surface area contributed by atoms with E-state index in [2.05, 4.69) is 14.8 Å². The summed E-state index contributed by atoms with van der Waals surface area (Å²) in [5, 5.41) is 4.27. The van der Waals surface area contributed by atoms with Gasteiger partial charge in [0, 0.05) is 5.92 Å². The second kappa shape index (κ2) is 4.55. The molecule has 3 rings (SSSR count). The highest BCUT2D eigenvalue weighted by molar-refractivity contribution is 7.91. The Morgan fingerprint density at radius 3 is 2.90 bits per heavy atom. The first-order valence-electron chi connectivity index (χ1n) is 6.14. The van der Waals surface area contributed by atoms with Gasteiger partial charge in [-0.3, -0.25) is 0 Å². The van der Waals surface area contributed by atoms with E-state index in [1.807, 2.05) is 0 Å². The first kappa shape index (κ1) is 13.0. The molecule has 0 amide bonds. The molecule has 0 bridgehead atoms. The molecule has 2 aromatic heterocycles. The summed E-state index contributed by atoms with van der Waals surface area (Å²) in [5.74, 6) is -0.0203. The van der Waals surface area contributed by atoms with E-state index in [1.165, 1.54) is 11.6 Å². The van der Waals surface area contributed by atoms with Gasteiger partial charge in [-0.2, -0.15) is 5.10 Å². The fourth-order valence-electron chi connectivity index (χ4n) is 2.35. The quantitative estimate of drug-likeness (QED) is 0.746. The van der Waals surface area contributed by atoms with Crippen LogP contribution in [0.4, 0.5) is 0 Å². The van der Waals surface area contributed by atoms with Gasteiger partial charge in [0.1, 0.15) is 0 Å². The van der Waals surface area contributed by atoms with Crippen LogP contribution in [0.15, 0.2) is 18.2 Å². The van der Waals surface area contributed by atoms with Gasteiger partial charge in [-0.25, -0.2) is 22.7 Å². The van der Waals surface area contributed by atoms with Crippen LogP contribution in [-0.2, 0) is 14.6 Å². The van der Waals surface area contributed by atoms with Crippen LogP contribution in [0.5, 0.6) is 0 Å². The number of carbonyl (C=O) groups excluding carboxylic acids is 1. The Balaban J connectivity index is 2.05. The minimum atomic E-state index is -2.99. The molecule has 0 aliphatic carbocycles. The molecule has 106 valence electrons. The third-order valence-electron chi connectivity index (χ3n) is 3.37. The first-order valence-corrected chi connectivity index (χ1v) is 7.97. The van der Waals surface area contributed by atoms with Crippen molar-refractivity contribution in [3.05, 3.63) is 29.7 Å². The van der Waals surface area contributed by atoms with Gasteiger partial charge in [0.05, 0.1) is 18.6 Å². The lowest BCUT2D eigenvalue weighted by Crippen LogP contribution is -2.09. The molecule has 0 N–H and O–H groups in total. The fourth-order valence-corrected chi connectivity index (χ4v) is 4.09. The van der Waals surface area contributed by atoms with Crippen LogP contribution in [-0.4, -0.2) is 47.6 Å². The lowest BCUT2D eigenvalue weighted by atomic mass is 10.1. The predicted molar refractivity (Wildman–Crippen MR) is 70.3 cm³/mol.